The van der Waals surface area contributed by atoms with Crippen molar-refractivity contribution in [1.29, 1.82) is 0 Å². The minimum Gasteiger partial charge on any atom is -0.493 e. The first-order chi connectivity index (χ1) is 11.6. The van der Waals surface area contributed by atoms with Gasteiger partial charge in [-0.3, -0.25) is 4.72 Å². The summed E-state index contributed by atoms with van der Waals surface area (Å²) in [5.74, 6) is 0.611. The molecule has 0 aromatic heterocycles. The standard InChI is InChI=1S/C15H13ClF3NO4S/c1-23-12-6-4-10(8-13(12)24-2)20-25(21,22)14-7-9(15(17,18)19)3-5-11(14)16/h3-8,20H,1-2H3. The van der Waals surface area contributed by atoms with Gasteiger partial charge in [-0.25, -0.2) is 8.42 Å². The quantitative estimate of drug-likeness (QED) is 0.825. The molecule has 2 aromatic carbocycles. The molecule has 0 aliphatic rings. The van der Waals surface area contributed by atoms with Crippen LogP contribution >= 0.6 is 11.6 Å². The molecule has 0 heterocycles. The van der Waals surface area contributed by atoms with E-state index in [1.165, 1.54) is 32.4 Å². The Kier molecular flexibility index (Phi) is 5.38. The zero-order chi connectivity index (χ0) is 18.8. The fraction of sp³-hybridized carbons (Fsp3) is 0.200. The summed E-state index contributed by atoms with van der Waals surface area (Å²) in [5, 5.41) is -0.332. The minimum absolute atomic E-state index is 0.0751. The number of anilines is 1. The highest BCUT2D eigenvalue weighted by atomic mass is 35.5. The van der Waals surface area contributed by atoms with E-state index in [-0.39, 0.29) is 16.5 Å². The topological polar surface area (TPSA) is 64.6 Å². The van der Waals surface area contributed by atoms with Gasteiger partial charge in [-0.15, -0.1) is 0 Å². The van der Waals surface area contributed by atoms with Gasteiger partial charge in [0.1, 0.15) is 4.90 Å². The first-order valence-electron chi connectivity index (χ1n) is 6.70. The Morgan fingerprint density at radius 3 is 2.20 bits per heavy atom. The molecule has 0 radical (unpaired) electrons. The number of alkyl halides is 3. The number of sulfonamides is 1. The summed E-state index contributed by atoms with van der Waals surface area (Å²) in [5.41, 5.74) is -1.05. The highest BCUT2D eigenvalue weighted by molar-refractivity contribution is 7.92. The molecule has 1 N–H and O–H groups in total. The Bertz CT molecular complexity index is 885. The van der Waals surface area contributed by atoms with Crippen LogP contribution in [0.5, 0.6) is 11.5 Å². The monoisotopic (exact) mass is 395 g/mol. The van der Waals surface area contributed by atoms with Crippen molar-refractivity contribution in [3.63, 3.8) is 0 Å². The van der Waals surface area contributed by atoms with Crippen molar-refractivity contribution in [2.45, 2.75) is 11.1 Å². The second-order valence-corrected chi connectivity index (χ2v) is 6.88. The molecule has 5 nitrogen and oxygen atoms in total. The Balaban J connectivity index is 2.43. The summed E-state index contributed by atoms with van der Waals surface area (Å²) in [6.45, 7) is 0. The smallest absolute Gasteiger partial charge is 0.416 e. The van der Waals surface area contributed by atoms with Gasteiger partial charge in [-0.05, 0) is 30.3 Å². The Hall–Kier alpha value is -2.13. The number of hydrogen-bond acceptors (Lipinski definition) is 4. The predicted molar refractivity (Wildman–Crippen MR) is 86.8 cm³/mol. The third-order valence-electron chi connectivity index (χ3n) is 3.18. The van der Waals surface area contributed by atoms with E-state index in [1.54, 1.807) is 0 Å². The summed E-state index contributed by atoms with van der Waals surface area (Å²) in [7, 11) is -1.58. The lowest BCUT2D eigenvalue weighted by atomic mass is 10.2. The van der Waals surface area contributed by atoms with Crippen molar-refractivity contribution in [2.75, 3.05) is 18.9 Å². The summed E-state index contributed by atoms with van der Waals surface area (Å²) in [6, 6.07) is 6.22. The van der Waals surface area contributed by atoms with Crippen LogP contribution in [0.2, 0.25) is 5.02 Å². The van der Waals surface area contributed by atoms with Crippen LogP contribution in [0, 0.1) is 0 Å². The van der Waals surface area contributed by atoms with Crippen LogP contribution in [0.1, 0.15) is 5.56 Å². The van der Waals surface area contributed by atoms with Gasteiger partial charge in [-0.2, -0.15) is 13.2 Å². The fourth-order valence-corrected chi connectivity index (χ4v) is 3.57. The number of benzene rings is 2. The van der Waals surface area contributed by atoms with Crippen LogP contribution in [-0.4, -0.2) is 22.6 Å². The molecule has 25 heavy (non-hydrogen) atoms. The third-order valence-corrected chi connectivity index (χ3v) is 5.05. The van der Waals surface area contributed by atoms with E-state index in [9.17, 15) is 21.6 Å². The van der Waals surface area contributed by atoms with Gasteiger partial charge in [0, 0.05) is 6.07 Å². The molecule has 0 spiro atoms. The Morgan fingerprint density at radius 1 is 1.00 bits per heavy atom. The van der Waals surface area contributed by atoms with Crippen molar-refractivity contribution in [3.05, 3.63) is 47.0 Å². The predicted octanol–water partition coefficient (Wildman–Crippen LogP) is 4.18. The van der Waals surface area contributed by atoms with E-state index in [4.69, 9.17) is 21.1 Å². The van der Waals surface area contributed by atoms with Crippen LogP contribution in [0.15, 0.2) is 41.3 Å². The lowest BCUT2D eigenvalue weighted by Crippen LogP contribution is -2.15. The van der Waals surface area contributed by atoms with Gasteiger partial charge >= 0.3 is 6.18 Å². The molecular weight excluding hydrogens is 383 g/mol. The molecule has 0 aliphatic carbocycles. The Labute approximate surface area is 147 Å². The van der Waals surface area contributed by atoms with E-state index >= 15 is 0 Å². The van der Waals surface area contributed by atoms with E-state index in [1.807, 2.05) is 0 Å². The molecule has 136 valence electrons. The lowest BCUT2D eigenvalue weighted by Gasteiger charge is -2.14. The SMILES string of the molecule is COc1ccc(NS(=O)(=O)c2cc(C(F)(F)F)ccc2Cl)cc1OC. The molecule has 0 atom stereocenters. The second kappa shape index (κ2) is 7.01. The maximum Gasteiger partial charge on any atom is 0.416 e. The van der Waals surface area contributed by atoms with Crippen LogP contribution < -0.4 is 14.2 Å². The van der Waals surface area contributed by atoms with E-state index in [0.717, 1.165) is 6.07 Å². The van der Waals surface area contributed by atoms with E-state index in [2.05, 4.69) is 4.72 Å². The largest absolute Gasteiger partial charge is 0.493 e. The second-order valence-electron chi connectivity index (χ2n) is 4.82. The van der Waals surface area contributed by atoms with Gasteiger partial charge < -0.3 is 9.47 Å². The summed E-state index contributed by atoms with van der Waals surface area (Å²) in [6.07, 6.45) is -4.70. The third kappa shape index (κ3) is 4.29. The molecule has 0 unspecified atom stereocenters. The molecule has 0 aliphatic heterocycles. The average Bonchev–Trinajstić information content (AvgIpc) is 2.53. The number of halogens is 4. The van der Waals surface area contributed by atoms with Gasteiger partial charge in [0.05, 0.1) is 30.5 Å². The van der Waals surface area contributed by atoms with Crippen LogP contribution in [0.25, 0.3) is 0 Å². The van der Waals surface area contributed by atoms with Gasteiger partial charge in [0.2, 0.25) is 0 Å². The zero-order valence-corrected chi connectivity index (χ0v) is 14.6. The van der Waals surface area contributed by atoms with Gasteiger partial charge in [0.15, 0.2) is 11.5 Å². The van der Waals surface area contributed by atoms with Crippen molar-refractivity contribution in [2.24, 2.45) is 0 Å². The van der Waals surface area contributed by atoms with Crippen molar-refractivity contribution < 1.29 is 31.1 Å². The van der Waals surface area contributed by atoms with Gasteiger partial charge in [-0.1, -0.05) is 11.6 Å². The number of ether oxygens (including phenoxy) is 2. The number of rotatable bonds is 5. The molecular formula is C15H13ClF3NO4S. The zero-order valence-electron chi connectivity index (χ0n) is 13.0. The number of hydrogen-bond donors (Lipinski definition) is 1. The first-order valence-corrected chi connectivity index (χ1v) is 8.56. The van der Waals surface area contributed by atoms with Crippen molar-refractivity contribution in [1.82, 2.24) is 0 Å². The average molecular weight is 396 g/mol. The number of nitrogens with one attached hydrogen (secondary N) is 1. The van der Waals surface area contributed by atoms with Crippen LogP contribution in [0.3, 0.4) is 0 Å². The van der Waals surface area contributed by atoms with Gasteiger partial charge in [0.25, 0.3) is 10.0 Å². The van der Waals surface area contributed by atoms with Crippen LogP contribution in [0.4, 0.5) is 18.9 Å². The molecule has 0 fully saturated rings. The van der Waals surface area contributed by atoms with Crippen molar-refractivity contribution in [3.8, 4) is 11.5 Å². The molecule has 0 bridgehead atoms. The summed E-state index contributed by atoms with van der Waals surface area (Å²) < 4.78 is 75.5. The number of methoxy groups -OCH3 is 2. The molecule has 0 saturated carbocycles. The minimum atomic E-state index is -4.70. The highest BCUT2D eigenvalue weighted by Gasteiger charge is 2.32. The molecule has 2 rings (SSSR count). The summed E-state index contributed by atoms with van der Waals surface area (Å²) >= 11 is 5.77. The first kappa shape index (κ1) is 19.2. The van der Waals surface area contributed by atoms with E-state index in [0.29, 0.717) is 17.9 Å². The molecule has 2 aromatic rings. The summed E-state index contributed by atoms with van der Waals surface area (Å²) in [4.78, 5) is -0.682. The van der Waals surface area contributed by atoms with Crippen molar-refractivity contribution >= 4 is 27.3 Å². The normalized spacial score (nSPS) is 11.9. The molecule has 10 heteroatoms. The Morgan fingerprint density at radius 2 is 1.64 bits per heavy atom. The lowest BCUT2D eigenvalue weighted by molar-refractivity contribution is -0.137. The highest BCUT2D eigenvalue weighted by Crippen LogP contribution is 2.35. The van der Waals surface area contributed by atoms with Crippen LogP contribution in [-0.2, 0) is 16.2 Å². The molecule has 0 saturated heterocycles. The van der Waals surface area contributed by atoms with E-state index < -0.39 is 26.7 Å². The fourth-order valence-electron chi connectivity index (χ4n) is 2.00. The maximum absolute atomic E-state index is 12.8. The molecule has 0 amide bonds. The maximum atomic E-state index is 12.8.